The molecule has 1 aliphatic rings. The lowest BCUT2D eigenvalue weighted by atomic mass is 10.00. The smallest absolute Gasteiger partial charge is 0.207 e. The van der Waals surface area contributed by atoms with Crippen molar-refractivity contribution >= 4 is 12.2 Å². The molecule has 0 saturated carbocycles. The second kappa shape index (κ2) is 6.34. The maximum absolute atomic E-state index is 5.70. The van der Waals surface area contributed by atoms with Crippen LogP contribution in [0.2, 0.25) is 0 Å². The summed E-state index contributed by atoms with van der Waals surface area (Å²) in [5.41, 5.74) is 2.36. The normalized spacial score (nSPS) is 22.0. The van der Waals surface area contributed by atoms with Crippen molar-refractivity contribution in [2.75, 3.05) is 13.1 Å². The highest BCUT2D eigenvalue weighted by molar-refractivity contribution is 7.71. The molecule has 0 bridgehead atoms. The number of nitrogens with one attached hydrogen (secondary N) is 1. The van der Waals surface area contributed by atoms with E-state index in [1.54, 1.807) is 4.90 Å². The molecule has 0 atom stereocenters. The predicted molar refractivity (Wildman–Crippen MR) is 91.0 cm³/mol. The molecule has 118 valence electrons. The van der Waals surface area contributed by atoms with Crippen LogP contribution in [0, 0.1) is 24.5 Å². The summed E-state index contributed by atoms with van der Waals surface area (Å²) in [5, 5.41) is 4.70. The largest absolute Gasteiger partial charge is 0.316 e. The summed E-state index contributed by atoms with van der Waals surface area (Å²) < 4.78 is 4.90. The van der Waals surface area contributed by atoms with E-state index in [1.165, 1.54) is 31.5 Å². The van der Waals surface area contributed by atoms with E-state index in [1.807, 2.05) is 11.6 Å². The fourth-order valence-electron chi connectivity index (χ4n) is 3.25. The van der Waals surface area contributed by atoms with Crippen LogP contribution in [0.25, 0.3) is 5.69 Å². The molecule has 0 unspecified atom stereocenters. The number of piperidine rings is 1. The van der Waals surface area contributed by atoms with E-state index in [2.05, 4.69) is 42.7 Å². The molecular weight excluding hydrogens is 292 g/mol. The first-order chi connectivity index (χ1) is 10.6. The molecule has 2 heterocycles. The molecule has 1 aromatic carbocycles. The zero-order valence-corrected chi connectivity index (χ0v) is 14.5. The number of benzene rings is 1. The van der Waals surface area contributed by atoms with Gasteiger partial charge in [0.15, 0.2) is 6.67 Å². The van der Waals surface area contributed by atoms with Crippen molar-refractivity contribution < 1.29 is 4.90 Å². The molecule has 0 aliphatic carbocycles. The van der Waals surface area contributed by atoms with Crippen molar-refractivity contribution in [2.45, 2.75) is 40.3 Å². The minimum absolute atomic E-state index is 0.804. The number of aromatic nitrogens is 3. The van der Waals surface area contributed by atoms with Gasteiger partial charge in [0.05, 0.1) is 18.8 Å². The number of likely N-dealkylation sites (tertiary alicyclic amines) is 1. The van der Waals surface area contributed by atoms with Crippen molar-refractivity contribution in [3.63, 3.8) is 0 Å². The van der Waals surface area contributed by atoms with Gasteiger partial charge in [0.1, 0.15) is 5.82 Å². The maximum atomic E-state index is 5.70. The van der Waals surface area contributed by atoms with Gasteiger partial charge in [0.25, 0.3) is 0 Å². The Morgan fingerprint density at radius 3 is 2.59 bits per heavy atom. The van der Waals surface area contributed by atoms with Gasteiger partial charge in [-0.3, -0.25) is 4.57 Å². The second-order valence-corrected chi connectivity index (χ2v) is 6.91. The van der Waals surface area contributed by atoms with Gasteiger partial charge in [-0.25, -0.2) is 0 Å². The molecule has 22 heavy (non-hydrogen) atoms. The summed E-state index contributed by atoms with van der Waals surface area (Å²) in [6, 6.07) is 8.34. The number of rotatable bonds is 3. The monoisotopic (exact) mass is 317 g/mol. The molecule has 5 heteroatoms. The molecule has 0 spiro atoms. The van der Waals surface area contributed by atoms with E-state index in [4.69, 9.17) is 17.3 Å². The first-order valence-corrected chi connectivity index (χ1v) is 8.53. The summed E-state index contributed by atoms with van der Waals surface area (Å²) in [6.07, 6.45) is 2.61. The van der Waals surface area contributed by atoms with Crippen LogP contribution in [0.5, 0.6) is 0 Å². The molecule has 2 aromatic rings. The van der Waals surface area contributed by atoms with Gasteiger partial charge in [-0.15, -0.1) is 0 Å². The highest BCUT2D eigenvalue weighted by atomic mass is 32.1. The van der Waals surface area contributed by atoms with Crippen molar-refractivity contribution in [2.24, 2.45) is 5.92 Å². The second-order valence-electron chi connectivity index (χ2n) is 6.54. The molecule has 4 nitrogen and oxygen atoms in total. The lowest BCUT2D eigenvalue weighted by molar-refractivity contribution is -0.929. The predicted octanol–water partition coefficient (Wildman–Crippen LogP) is 2.29. The number of para-hydroxylation sites is 1. The van der Waals surface area contributed by atoms with Gasteiger partial charge < -0.3 is 4.90 Å². The molecule has 1 fully saturated rings. The van der Waals surface area contributed by atoms with E-state index in [0.717, 1.165) is 28.9 Å². The molecule has 0 amide bonds. The lowest BCUT2D eigenvalue weighted by Crippen LogP contribution is -3.12. The Morgan fingerprint density at radius 1 is 1.23 bits per heavy atom. The summed E-state index contributed by atoms with van der Waals surface area (Å²) >= 11 is 5.70. The lowest BCUT2D eigenvalue weighted by Gasteiger charge is -2.26. The summed E-state index contributed by atoms with van der Waals surface area (Å²) in [4.78, 5) is 1.59. The molecule has 1 N–H and O–H groups in total. The summed E-state index contributed by atoms with van der Waals surface area (Å²) in [7, 11) is 0. The van der Waals surface area contributed by atoms with Crippen LogP contribution < -0.4 is 4.90 Å². The topological polar surface area (TPSA) is 27.2 Å². The van der Waals surface area contributed by atoms with Crippen molar-refractivity contribution in [1.29, 1.82) is 0 Å². The Labute approximate surface area is 137 Å². The third-order valence-electron chi connectivity index (χ3n) is 4.71. The minimum Gasteiger partial charge on any atom is -0.316 e. The number of quaternary nitrogens is 1. The van der Waals surface area contributed by atoms with Crippen LogP contribution in [0.1, 0.15) is 31.2 Å². The summed E-state index contributed by atoms with van der Waals surface area (Å²) in [6.45, 7) is 9.82. The van der Waals surface area contributed by atoms with Crippen LogP contribution in [-0.4, -0.2) is 27.4 Å². The number of nitrogens with zero attached hydrogens (tertiary/aromatic N) is 3. The van der Waals surface area contributed by atoms with Gasteiger partial charge in [0.2, 0.25) is 4.77 Å². The number of hydrogen-bond acceptors (Lipinski definition) is 2. The maximum Gasteiger partial charge on any atom is 0.207 e. The van der Waals surface area contributed by atoms with E-state index < -0.39 is 0 Å². The zero-order chi connectivity index (χ0) is 15.7. The first-order valence-electron chi connectivity index (χ1n) is 8.12. The highest BCUT2D eigenvalue weighted by Gasteiger charge is 2.20. The Kier molecular flexibility index (Phi) is 4.45. The van der Waals surface area contributed by atoms with E-state index in [9.17, 15) is 0 Å². The fraction of sp³-hybridized carbons (Fsp3) is 0.529. The van der Waals surface area contributed by atoms with Crippen LogP contribution in [0.4, 0.5) is 0 Å². The van der Waals surface area contributed by atoms with Crippen LogP contribution >= 0.6 is 12.2 Å². The van der Waals surface area contributed by atoms with E-state index in [-0.39, 0.29) is 0 Å². The zero-order valence-electron chi connectivity index (χ0n) is 13.7. The van der Waals surface area contributed by atoms with Crippen LogP contribution in [0.3, 0.4) is 0 Å². The average molecular weight is 317 g/mol. The van der Waals surface area contributed by atoms with Gasteiger partial charge in [-0.2, -0.15) is 9.78 Å². The molecular formula is C17H25N4S+. The van der Waals surface area contributed by atoms with Gasteiger partial charge >= 0.3 is 0 Å². The Morgan fingerprint density at radius 2 is 1.91 bits per heavy atom. The molecule has 1 saturated heterocycles. The fourth-order valence-corrected chi connectivity index (χ4v) is 3.59. The van der Waals surface area contributed by atoms with Gasteiger partial charge in [0, 0.05) is 0 Å². The van der Waals surface area contributed by atoms with Crippen molar-refractivity contribution in [1.82, 2.24) is 14.3 Å². The van der Waals surface area contributed by atoms with Crippen molar-refractivity contribution in [3.8, 4) is 5.69 Å². The van der Waals surface area contributed by atoms with Crippen molar-refractivity contribution in [3.05, 3.63) is 40.4 Å². The first kappa shape index (κ1) is 15.4. The average Bonchev–Trinajstić information content (AvgIpc) is 2.77. The molecule has 0 radical (unpaired) electrons. The summed E-state index contributed by atoms with van der Waals surface area (Å²) in [5.74, 6) is 1.83. The minimum atomic E-state index is 0.804. The standard InChI is InChI=1S/C17H24N4S/c1-13-8-10-19(11-9-13)12-20-17(22)21(15(3)18-20)16-7-5-4-6-14(16)2/h4-7,13H,8-12H2,1-3H3/p+1. The van der Waals surface area contributed by atoms with Gasteiger partial charge in [-0.05, 0) is 56.5 Å². The number of hydrogen-bond donors (Lipinski definition) is 1. The quantitative estimate of drug-likeness (QED) is 0.880. The van der Waals surface area contributed by atoms with E-state index >= 15 is 0 Å². The molecule has 3 rings (SSSR count). The molecule has 1 aromatic heterocycles. The Bertz CT molecular complexity index is 708. The van der Waals surface area contributed by atoms with Gasteiger partial charge in [-0.1, -0.05) is 25.1 Å². The third kappa shape index (κ3) is 3.01. The third-order valence-corrected chi connectivity index (χ3v) is 5.11. The molecule has 1 aliphatic heterocycles. The highest BCUT2D eigenvalue weighted by Crippen LogP contribution is 2.16. The van der Waals surface area contributed by atoms with Crippen LogP contribution in [-0.2, 0) is 6.67 Å². The van der Waals surface area contributed by atoms with Crippen LogP contribution in [0.15, 0.2) is 24.3 Å². The van der Waals surface area contributed by atoms with E-state index in [0.29, 0.717) is 0 Å². The Balaban J connectivity index is 1.88. The SMILES string of the molecule is Cc1ccccc1-n1c(C)nn(C[NH+]2CCC(C)CC2)c1=S. The number of aryl methyl sites for hydroxylation is 2. The Hall–Kier alpha value is -1.46.